The van der Waals surface area contributed by atoms with Crippen LogP contribution < -0.4 is 0 Å². The van der Waals surface area contributed by atoms with Gasteiger partial charge in [0.1, 0.15) is 0 Å². The molecule has 0 saturated carbocycles. The molecule has 0 unspecified atom stereocenters. The number of hydrogen-bond donors (Lipinski definition) is 1. The summed E-state index contributed by atoms with van der Waals surface area (Å²) in [5.74, 6) is -0.764. The first kappa shape index (κ1) is 14.2. The van der Waals surface area contributed by atoms with Crippen molar-refractivity contribution in [2.75, 3.05) is 13.6 Å². The fraction of sp³-hybridized carbons (Fsp3) is 0.250. The summed E-state index contributed by atoms with van der Waals surface area (Å²) in [4.78, 5) is 16.6. The Kier molecular flexibility index (Phi) is 4.85. The van der Waals surface area contributed by atoms with Gasteiger partial charge in [-0.05, 0) is 24.2 Å². The molecule has 2 rings (SSSR count). The normalized spacial score (nSPS) is 10.7. The number of carboxylic acids is 1. The highest BCUT2D eigenvalue weighted by molar-refractivity contribution is 5.66. The smallest absolute Gasteiger partial charge is 0.304 e. The van der Waals surface area contributed by atoms with Crippen LogP contribution >= 0.6 is 0 Å². The third-order valence-corrected chi connectivity index (χ3v) is 3.05. The minimum absolute atomic E-state index is 0.167. The molecule has 0 bridgehead atoms. The maximum absolute atomic E-state index is 10.5. The number of nitrogens with zero attached hydrogens (tertiary/aromatic N) is 2. The molecule has 0 amide bonds. The Morgan fingerprint density at radius 2 is 2.05 bits per heavy atom. The van der Waals surface area contributed by atoms with Gasteiger partial charge in [0.15, 0.2) is 0 Å². The van der Waals surface area contributed by atoms with Crippen molar-refractivity contribution in [2.24, 2.45) is 0 Å². The second kappa shape index (κ2) is 6.82. The molecule has 0 aliphatic carbocycles. The van der Waals surface area contributed by atoms with Gasteiger partial charge >= 0.3 is 5.97 Å². The van der Waals surface area contributed by atoms with Crippen LogP contribution in [0.1, 0.15) is 12.0 Å². The van der Waals surface area contributed by atoms with Crippen LogP contribution in [0.5, 0.6) is 0 Å². The van der Waals surface area contributed by atoms with E-state index in [1.54, 1.807) is 6.20 Å². The Morgan fingerprint density at radius 3 is 2.65 bits per heavy atom. The fourth-order valence-electron chi connectivity index (χ4n) is 1.96. The maximum atomic E-state index is 10.5. The summed E-state index contributed by atoms with van der Waals surface area (Å²) in [7, 11) is 1.92. The van der Waals surface area contributed by atoms with Crippen LogP contribution in [0.2, 0.25) is 0 Å². The molecular formula is C16H17N2O2. The molecule has 1 N–H and O–H groups in total. The van der Waals surface area contributed by atoms with Gasteiger partial charge < -0.3 is 10.0 Å². The maximum Gasteiger partial charge on any atom is 0.304 e. The molecule has 0 aliphatic heterocycles. The van der Waals surface area contributed by atoms with Gasteiger partial charge in [0.25, 0.3) is 0 Å². The van der Waals surface area contributed by atoms with E-state index in [2.05, 4.69) is 23.2 Å². The average molecular weight is 269 g/mol. The quantitative estimate of drug-likeness (QED) is 0.875. The average Bonchev–Trinajstić information content (AvgIpc) is 2.47. The van der Waals surface area contributed by atoms with E-state index >= 15 is 0 Å². The molecule has 0 fully saturated rings. The zero-order chi connectivity index (χ0) is 14.4. The van der Waals surface area contributed by atoms with E-state index in [-0.39, 0.29) is 6.42 Å². The lowest BCUT2D eigenvalue weighted by Gasteiger charge is -2.15. The predicted octanol–water partition coefficient (Wildman–Crippen LogP) is 2.46. The molecule has 4 nitrogen and oxygen atoms in total. The molecule has 1 heterocycles. The topological polar surface area (TPSA) is 53.4 Å². The summed E-state index contributed by atoms with van der Waals surface area (Å²) >= 11 is 0. The van der Waals surface area contributed by atoms with Crippen molar-refractivity contribution in [2.45, 2.75) is 13.0 Å². The number of aromatic nitrogens is 1. The number of carboxylic acid groups (broad SMARTS) is 1. The van der Waals surface area contributed by atoms with E-state index in [9.17, 15) is 4.79 Å². The van der Waals surface area contributed by atoms with Crippen molar-refractivity contribution in [1.82, 2.24) is 9.88 Å². The number of benzene rings is 1. The van der Waals surface area contributed by atoms with E-state index in [1.807, 2.05) is 36.3 Å². The van der Waals surface area contributed by atoms with Crippen LogP contribution in [0.3, 0.4) is 0 Å². The number of hydrogen-bond acceptors (Lipinski definition) is 3. The molecule has 1 radical (unpaired) electrons. The van der Waals surface area contributed by atoms with Gasteiger partial charge in [-0.3, -0.25) is 9.78 Å². The first-order chi connectivity index (χ1) is 9.65. The summed E-state index contributed by atoms with van der Waals surface area (Å²) in [5, 5.41) is 8.66. The van der Waals surface area contributed by atoms with Gasteiger partial charge in [-0.1, -0.05) is 24.3 Å². The molecular weight excluding hydrogens is 252 g/mol. The Morgan fingerprint density at radius 1 is 1.30 bits per heavy atom. The van der Waals surface area contributed by atoms with Gasteiger partial charge in [-0.15, -0.1) is 0 Å². The summed E-state index contributed by atoms with van der Waals surface area (Å²) in [6, 6.07) is 13.1. The Bertz CT molecular complexity index is 552. The number of pyridine rings is 1. The van der Waals surface area contributed by atoms with Crippen molar-refractivity contribution in [3.63, 3.8) is 0 Å². The Labute approximate surface area is 118 Å². The number of aliphatic carboxylic acids is 1. The van der Waals surface area contributed by atoms with Crippen LogP contribution in [0.4, 0.5) is 0 Å². The minimum Gasteiger partial charge on any atom is -0.481 e. The van der Waals surface area contributed by atoms with Gasteiger partial charge in [-0.25, -0.2) is 0 Å². The highest BCUT2D eigenvalue weighted by atomic mass is 16.4. The number of rotatable bonds is 6. The molecule has 0 spiro atoms. The predicted molar refractivity (Wildman–Crippen MR) is 77.1 cm³/mol. The van der Waals surface area contributed by atoms with Crippen LogP contribution in [0.15, 0.2) is 42.7 Å². The Balaban J connectivity index is 1.96. The first-order valence-corrected chi connectivity index (χ1v) is 6.46. The van der Waals surface area contributed by atoms with Crippen LogP contribution in [-0.2, 0) is 11.3 Å². The fourth-order valence-corrected chi connectivity index (χ4v) is 1.96. The molecule has 103 valence electrons. The lowest BCUT2D eigenvalue weighted by molar-refractivity contribution is -0.137. The monoisotopic (exact) mass is 269 g/mol. The largest absolute Gasteiger partial charge is 0.481 e. The number of carbonyl (C=O) groups is 1. The van der Waals surface area contributed by atoms with Crippen LogP contribution in [-0.4, -0.2) is 34.6 Å². The van der Waals surface area contributed by atoms with Crippen molar-refractivity contribution < 1.29 is 9.90 Å². The van der Waals surface area contributed by atoms with E-state index in [4.69, 9.17) is 5.11 Å². The first-order valence-electron chi connectivity index (χ1n) is 6.46. The van der Waals surface area contributed by atoms with Crippen molar-refractivity contribution >= 4 is 5.97 Å². The lowest BCUT2D eigenvalue weighted by Crippen LogP contribution is -2.21. The van der Waals surface area contributed by atoms with Gasteiger partial charge in [0.2, 0.25) is 0 Å². The second-order valence-corrected chi connectivity index (χ2v) is 4.75. The van der Waals surface area contributed by atoms with E-state index < -0.39 is 5.97 Å². The third kappa shape index (κ3) is 4.17. The third-order valence-electron chi connectivity index (χ3n) is 3.05. The summed E-state index contributed by atoms with van der Waals surface area (Å²) in [6.45, 7) is 1.29. The molecule has 20 heavy (non-hydrogen) atoms. The molecule has 1 aromatic carbocycles. The van der Waals surface area contributed by atoms with E-state index in [0.717, 1.165) is 23.2 Å². The van der Waals surface area contributed by atoms with Crippen molar-refractivity contribution in [1.29, 1.82) is 0 Å². The molecule has 0 atom stereocenters. The van der Waals surface area contributed by atoms with Crippen molar-refractivity contribution in [3.8, 4) is 11.1 Å². The summed E-state index contributed by atoms with van der Waals surface area (Å²) in [6.07, 6.45) is 3.61. The molecule has 2 aromatic rings. The molecule has 1 aromatic heterocycles. The highest BCUT2D eigenvalue weighted by Crippen LogP contribution is 2.18. The molecule has 0 saturated heterocycles. The molecule has 4 heteroatoms. The summed E-state index contributed by atoms with van der Waals surface area (Å²) in [5.41, 5.74) is 3.30. The molecule has 0 aliphatic rings. The van der Waals surface area contributed by atoms with Gasteiger partial charge in [0.05, 0.1) is 6.42 Å². The summed E-state index contributed by atoms with van der Waals surface area (Å²) < 4.78 is 0. The van der Waals surface area contributed by atoms with E-state index in [1.165, 1.54) is 0 Å². The minimum atomic E-state index is -0.764. The highest BCUT2D eigenvalue weighted by Gasteiger charge is 2.04. The van der Waals surface area contributed by atoms with Crippen LogP contribution in [0, 0.1) is 6.07 Å². The van der Waals surface area contributed by atoms with Crippen LogP contribution in [0.25, 0.3) is 11.1 Å². The second-order valence-electron chi connectivity index (χ2n) is 4.75. The lowest BCUT2D eigenvalue weighted by atomic mass is 10.1. The van der Waals surface area contributed by atoms with E-state index in [0.29, 0.717) is 6.54 Å². The zero-order valence-corrected chi connectivity index (χ0v) is 11.4. The zero-order valence-electron chi connectivity index (χ0n) is 11.4. The Hall–Kier alpha value is -2.20. The van der Waals surface area contributed by atoms with Gasteiger partial charge in [0, 0.05) is 37.1 Å². The van der Waals surface area contributed by atoms with Gasteiger partial charge in [-0.2, -0.15) is 0 Å². The SMILES string of the molecule is CN(CCC(=O)O)Cc1ccc(-c2c[c]cnc2)cc1. The standard InChI is InChI=1S/C16H17N2O2/c1-18(10-8-16(19)20)12-13-4-6-14(7-5-13)15-3-2-9-17-11-15/h3-7,9,11H,8,10,12H2,1H3,(H,19,20). The van der Waals surface area contributed by atoms with Crippen molar-refractivity contribution in [3.05, 3.63) is 54.4 Å².